The molecule has 0 saturated heterocycles. The van der Waals surface area contributed by atoms with E-state index in [1.165, 1.54) is 18.2 Å². The first-order chi connectivity index (χ1) is 9.50. The van der Waals surface area contributed by atoms with Gasteiger partial charge in [0.05, 0.1) is 22.5 Å². The van der Waals surface area contributed by atoms with Gasteiger partial charge >= 0.3 is 5.97 Å². The maximum atomic E-state index is 13.7. The van der Waals surface area contributed by atoms with Crippen LogP contribution in [0.25, 0.3) is 0 Å². The molecule has 1 aromatic rings. The maximum absolute atomic E-state index is 13.7. The number of allylic oxidation sites excluding steroid dienone is 2. The van der Waals surface area contributed by atoms with Crippen LogP contribution < -0.4 is 5.32 Å². The molecule has 0 heterocycles. The third kappa shape index (κ3) is 2.99. The van der Waals surface area contributed by atoms with Gasteiger partial charge in [-0.15, -0.1) is 0 Å². The van der Waals surface area contributed by atoms with Gasteiger partial charge in [-0.1, -0.05) is 29.8 Å². The van der Waals surface area contributed by atoms with Crippen LogP contribution in [-0.2, 0) is 9.59 Å². The summed E-state index contributed by atoms with van der Waals surface area (Å²) in [5, 5.41) is 11.4. The summed E-state index contributed by atoms with van der Waals surface area (Å²) in [6.07, 6.45) is 4.12. The molecule has 1 aliphatic rings. The minimum absolute atomic E-state index is 0.0406. The molecule has 2 unspecified atom stereocenters. The Labute approximate surface area is 120 Å². The number of amides is 1. The number of aliphatic carboxylic acids is 1. The van der Waals surface area contributed by atoms with Gasteiger partial charge in [-0.05, 0) is 25.0 Å². The number of carboxylic acids is 1. The highest BCUT2D eigenvalue weighted by atomic mass is 35.5. The summed E-state index contributed by atoms with van der Waals surface area (Å²) >= 11 is 5.63. The van der Waals surface area contributed by atoms with Crippen molar-refractivity contribution < 1.29 is 19.1 Å². The summed E-state index contributed by atoms with van der Waals surface area (Å²) in [7, 11) is 0. The predicted octanol–water partition coefficient (Wildman–Crippen LogP) is 3.08. The van der Waals surface area contributed by atoms with Crippen LogP contribution in [0.3, 0.4) is 0 Å². The van der Waals surface area contributed by atoms with Gasteiger partial charge in [0.2, 0.25) is 5.91 Å². The molecule has 1 aliphatic carbocycles. The van der Waals surface area contributed by atoms with Gasteiger partial charge < -0.3 is 10.4 Å². The average Bonchev–Trinajstić information content (AvgIpc) is 2.43. The van der Waals surface area contributed by atoms with E-state index in [0.717, 1.165) is 0 Å². The quantitative estimate of drug-likeness (QED) is 0.843. The highest BCUT2D eigenvalue weighted by molar-refractivity contribution is 6.31. The van der Waals surface area contributed by atoms with Crippen molar-refractivity contribution in [3.05, 3.63) is 41.2 Å². The normalized spacial score (nSPS) is 21.5. The van der Waals surface area contributed by atoms with Crippen molar-refractivity contribution in [1.82, 2.24) is 0 Å². The average molecular weight is 298 g/mol. The van der Waals surface area contributed by atoms with Gasteiger partial charge in [-0.25, -0.2) is 4.39 Å². The van der Waals surface area contributed by atoms with Crippen molar-refractivity contribution in [2.45, 2.75) is 12.8 Å². The highest BCUT2D eigenvalue weighted by Crippen LogP contribution is 2.28. The SMILES string of the molecule is O=C(O)C1CC=CCC1C(=O)Nc1cccc(Cl)c1F. The summed E-state index contributed by atoms with van der Waals surface area (Å²) in [5.41, 5.74) is -0.0406. The number of nitrogens with one attached hydrogen (secondary N) is 1. The molecule has 0 fully saturated rings. The lowest BCUT2D eigenvalue weighted by Gasteiger charge is -2.24. The maximum Gasteiger partial charge on any atom is 0.307 e. The number of benzene rings is 1. The molecule has 0 aliphatic heterocycles. The standard InChI is InChI=1S/C14H13ClFNO3/c15-10-6-3-7-11(12(10)16)17-13(18)8-4-1-2-5-9(8)14(19)20/h1-3,6-9H,4-5H2,(H,17,18)(H,19,20). The van der Waals surface area contributed by atoms with E-state index in [1.54, 1.807) is 12.2 Å². The van der Waals surface area contributed by atoms with Gasteiger partial charge in [0, 0.05) is 0 Å². The van der Waals surface area contributed by atoms with Crippen LogP contribution in [-0.4, -0.2) is 17.0 Å². The van der Waals surface area contributed by atoms with Crippen molar-refractivity contribution in [3.8, 4) is 0 Å². The fraction of sp³-hybridized carbons (Fsp3) is 0.286. The van der Waals surface area contributed by atoms with E-state index in [4.69, 9.17) is 16.7 Å². The van der Waals surface area contributed by atoms with Crippen molar-refractivity contribution in [3.63, 3.8) is 0 Å². The Bertz CT molecular complexity index is 574. The smallest absolute Gasteiger partial charge is 0.307 e. The first-order valence-corrected chi connectivity index (χ1v) is 6.51. The zero-order valence-electron chi connectivity index (χ0n) is 10.5. The molecule has 1 amide bonds. The van der Waals surface area contributed by atoms with E-state index in [1.807, 2.05) is 0 Å². The summed E-state index contributed by atoms with van der Waals surface area (Å²) in [5.74, 6) is -3.76. The van der Waals surface area contributed by atoms with Crippen molar-refractivity contribution in [1.29, 1.82) is 0 Å². The Morgan fingerprint density at radius 1 is 1.25 bits per heavy atom. The van der Waals surface area contributed by atoms with Crippen molar-refractivity contribution >= 4 is 29.2 Å². The second kappa shape index (κ2) is 6.05. The predicted molar refractivity (Wildman–Crippen MR) is 73.0 cm³/mol. The van der Waals surface area contributed by atoms with Gasteiger partial charge in [0.25, 0.3) is 0 Å². The minimum Gasteiger partial charge on any atom is -0.481 e. The fourth-order valence-corrected chi connectivity index (χ4v) is 2.38. The van der Waals surface area contributed by atoms with E-state index in [9.17, 15) is 14.0 Å². The van der Waals surface area contributed by atoms with E-state index < -0.39 is 29.5 Å². The molecule has 0 spiro atoms. The van der Waals surface area contributed by atoms with Crippen molar-refractivity contribution in [2.24, 2.45) is 11.8 Å². The van der Waals surface area contributed by atoms with Crippen LogP contribution in [0.15, 0.2) is 30.4 Å². The zero-order chi connectivity index (χ0) is 14.7. The monoisotopic (exact) mass is 297 g/mol. The van der Waals surface area contributed by atoms with Crippen LogP contribution in [0.2, 0.25) is 5.02 Å². The van der Waals surface area contributed by atoms with Crippen LogP contribution in [0, 0.1) is 17.7 Å². The zero-order valence-corrected chi connectivity index (χ0v) is 11.2. The number of hydrogen-bond donors (Lipinski definition) is 2. The largest absolute Gasteiger partial charge is 0.481 e. The number of anilines is 1. The molecule has 0 aromatic heterocycles. The van der Waals surface area contributed by atoms with Gasteiger partial charge in [-0.2, -0.15) is 0 Å². The number of hydrogen-bond acceptors (Lipinski definition) is 2. The molecular formula is C14H13ClFNO3. The van der Waals surface area contributed by atoms with E-state index in [2.05, 4.69) is 5.32 Å². The molecular weight excluding hydrogens is 285 g/mol. The number of carboxylic acid groups (broad SMARTS) is 1. The van der Waals surface area contributed by atoms with Gasteiger partial charge in [0.1, 0.15) is 0 Å². The lowest BCUT2D eigenvalue weighted by atomic mass is 9.82. The Kier molecular flexibility index (Phi) is 4.39. The Morgan fingerprint density at radius 3 is 2.55 bits per heavy atom. The molecule has 0 radical (unpaired) electrons. The number of carbonyl (C=O) groups excluding carboxylic acids is 1. The van der Waals surface area contributed by atoms with E-state index in [-0.39, 0.29) is 10.7 Å². The Balaban J connectivity index is 2.17. The second-order valence-electron chi connectivity index (χ2n) is 4.58. The number of carbonyl (C=O) groups is 2. The molecule has 0 bridgehead atoms. The van der Waals surface area contributed by atoms with Gasteiger partial charge in [-0.3, -0.25) is 9.59 Å². The fourth-order valence-electron chi connectivity index (χ4n) is 2.20. The van der Waals surface area contributed by atoms with E-state index in [0.29, 0.717) is 12.8 Å². The Hall–Kier alpha value is -1.88. The third-order valence-corrected chi connectivity index (χ3v) is 3.59. The molecule has 4 nitrogen and oxygen atoms in total. The molecule has 2 atom stereocenters. The highest BCUT2D eigenvalue weighted by Gasteiger charge is 2.34. The number of halogens is 2. The summed E-state index contributed by atoms with van der Waals surface area (Å²) < 4.78 is 13.7. The molecule has 2 rings (SSSR count). The molecule has 106 valence electrons. The minimum atomic E-state index is -1.03. The second-order valence-corrected chi connectivity index (χ2v) is 4.99. The summed E-state index contributed by atoms with van der Waals surface area (Å²) in [6, 6.07) is 4.26. The van der Waals surface area contributed by atoms with Crippen molar-refractivity contribution in [2.75, 3.05) is 5.32 Å². The topological polar surface area (TPSA) is 66.4 Å². The van der Waals surface area contributed by atoms with Crippen LogP contribution in [0.1, 0.15) is 12.8 Å². The van der Waals surface area contributed by atoms with Crippen LogP contribution in [0.5, 0.6) is 0 Å². The lowest BCUT2D eigenvalue weighted by Crippen LogP contribution is -2.34. The number of rotatable bonds is 3. The lowest BCUT2D eigenvalue weighted by molar-refractivity contribution is -0.146. The Morgan fingerprint density at radius 2 is 1.90 bits per heavy atom. The molecule has 20 heavy (non-hydrogen) atoms. The first kappa shape index (κ1) is 14.5. The van der Waals surface area contributed by atoms with Crippen LogP contribution in [0.4, 0.5) is 10.1 Å². The summed E-state index contributed by atoms with van der Waals surface area (Å²) in [4.78, 5) is 23.3. The van der Waals surface area contributed by atoms with E-state index >= 15 is 0 Å². The molecule has 2 N–H and O–H groups in total. The van der Waals surface area contributed by atoms with Gasteiger partial charge in [0.15, 0.2) is 5.82 Å². The molecule has 1 aromatic carbocycles. The molecule has 6 heteroatoms. The third-order valence-electron chi connectivity index (χ3n) is 3.30. The first-order valence-electron chi connectivity index (χ1n) is 6.13. The molecule has 0 saturated carbocycles. The summed E-state index contributed by atoms with van der Waals surface area (Å²) in [6.45, 7) is 0. The van der Waals surface area contributed by atoms with Crippen LogP contribution >= 0.6 is 11.6 Å².